The van der Waals surface area contributed by atoms with Gasteiger partial charge in [-0.05, 0) is 52.0 Å². The van der Waals surface area contributed by atoms with E-state index in [0.717, 1.165) is 6.54 Å². The molecule has 0 unspecified atom stereocenters. The second-order valence-electron chi connectivity index (χ2n) is 7.77. The van der Waals surface area contributed by atoms with Crippen LogP contribution in [-0.4, -0.2) is 9.78 Å². The molecule has 22 heavy (non-hydrogen) atoms. The minimum atomic E-state index is 0.240. The van der Waals surface area contributed by atoms with E-state index >= 15 is 0 Å². The zero-order valence-corrected chi connectivity index (χ0v) is 14.2. The number of fused-ring (bicyclic) bond motifs is 1. The van der Waals surface area contributed by atoms with Gasteiger partial charge in [0.25, 0.3) is 0 Å². The number of benzene rings is 1. The lowest BCUT2D eigenvalue weighted by Gasteiger charge is -2.42. The third-order valence-electron chi connectivity index (χ3n) is 5.22. The van der Waals surface area contributed by atoms with Crippen LogP contribution in [0.15, 0.2) is 37.2 Å². The van der Waals surface area contributed by atoms with Crippen molar-refractivity contribution in [3.05, 3.63) is 59.4 Å². The van der Waals surface area contributed by atoms with Crippen LogP contribution < -0.4 is 0 Å². The number of hydrogen-bond donors (Lipinski definition) is 0. The zero-order chi connectivity index (χ0) is 16.0. The normalized spacial score (nSPS) is 18.7. The quantitative estimate of drug-likeness (QED) is 0.785. The molecule has 0 aliphatic heterocycles. The molecule has 1 heterocycles. The van der Waals surface area contributed by atoms with Crippen molar-refractivity contribution in [2.45, 2.75) is 57.9 Å². The molecule has 1 aromatic carbocycles. The van der Waals surface area contributed by atoms with Crippen LogP contribution in [0, 0.1) is 0 Å². The van der Waals surface area contributed by atoms with Crippen molar-refractivity contribution in [1.29, 1.82) is 0 Å². The monoisotopic (exact) mass is 294 g/mol. The minimum absolute atomic E-state index is 0.240. The maximum absolute atomic E-state index is 4.35. The van der Waals surface area contributed by atoms with Crippen molar-refractivity contribution in [3.63, 3.8) is 0 Å². The van der Waals surface area contributed by atoms with Gasteiger partial charge in [-0.3, -0.25) is 4.68 Å². The Bertz CT molecular complexity index is 691. The van der Waals surface area contributed by atoms with Crippen LogP contribution >= 0.6 is 0 Å². The maximum Gasteiger partial charge on any atom is 0.0665 e. The van der Waals surface area contributed by atoms with E-state index in [2.05, 4.69) is 51.5 Å². The average Bonchev–Trinajstić information content (AvgIpc) is 2.96. The zero-order valence-electron chi connectivity index (χ0n) is 14.2. The first-order valence-electron chi connectivity index (χ1n) is 8.11. The van der Waals surface area contributed by atoms with Gasteiger partial charge in [0.2, 0.25) is 0 Å². The summed E-state index contributed by atoms with van der Waals surface area (Å²) < 4.78 is 1.98. The van der Waals surface area contributed by atoms with Crippen LogP contribution in [0.2, 0.25) is 0 Å². The summed E-state index contributed by atoms with van der Waals surface area (Å²) >= 11 is 0. The Kier molecular flexibility index (Phi) is 3.51. The summed E-state index contributed by atoms with van der Waals surface area (Å²) in [6.45, 7) is 14.3. The van der Waals surface area contributed by atoms with E-state index in [1.54, 1.807) is 0 Å². The number of hydrogen-bond acceptors (Lipinski definition) is 1. The molecule has 0 amide bonds. The van der Waals surface area contributed by atoms with Gasteiger partial charge in [0.1, 0.15) is 0 Å². The second-order valence-corrected chi connectivity index (χ2v) is 7.77. The first-order valence-corrected chi connectivity index (χ1v) is 8.11. The fraction of sp³-hybridized carbons (Fsp3) is 0.450. The van der Waals surface area contributed by atoms with Gasteiger partial charge in [-0.25, -0.2) is 0 Å². The molecule has 0 radical (unpaired) electrons. The highest BCUT2D eigenvalue weighted by Crippen LogP contribution is 2.46. The Balaban J connectivity index is 2.15. The van der Waals surface area contributed by atoms with Gasteiger partial charge < -0.3 is 0 Å². The molecule has 2 aromatic rings. The molecule has 1 aromatic heterocycles. The molecule has 0 bridgehead atoms. The van der Waals surface area contributed by atoms with Gasteiger partial charge in [-0.15, -0.1) is 0 Å². The molecule has 0 fully saturated rings. The van der Waals surface area contributed by atoms with Crippen LogP contribution in [0.25, 0.3) is 6.08 Å². The summed E-state index contributed by atoms with van der Waals surface area (Å²) in [5.74, 6) is 0. The summed E-state index contributed by atoms with van der Waals surface area (Å²) in [6.07, 6.45) is 8.31. The van der Waals surface area contributed by atoms with Crippen LogP contribution in [0.3, 0.4) is 0 Å². The van der Waals surface area contributed by atoms with E-state index < -0.39 is 0 Å². The largest absolute Gasteiger partial charge is 0.268 e. The summed E-state index contributed by atoms with van der Waals surface area (Å²) in [7, 11) is 0. The summed E-state index contributed by atoms with van der Waals surface area (Å²) in [5, 5.41) is 4.35. The van der Waals surface area contributed by atoms with E-state index in [-0.39, 0.29) is 10.8 Å². The Morgan fingerprint density at radius 1 is 1.14 bits per heavy atom. The lowest BCUT2D eigenvalue weighted by molar-refractivity contribution is 0.331. The first-order chi connectivity index (χ1) is 10.3. The predicted octanol–water partition coefficient (Wildman–Crippen LogP) is 4.92. The van der Waals surface area contributed by atoms with Gasteiger partial charge in [0.15, 0.2) is 0 Å². The minimum Gasteiger partial charge on any atom is -0.268 e. The molecule has 1 aliphatic carbocycles. The summed E-state index contributed by atoms with van der Waals surface area (Å²) in [4.78, 5) is 0. The number of rotatable bonds is 3. The lowest BCUT2D eigenvalue weighted by atomic mass is 9.62. The molecule has 0 saturated carbocycles. The molecular formula is C20H26N2. The SMILES string of the molecule is C=Cc1cc2c(cc1Cn1cccn1)C(C)(C)CCC2(C)C. The van der Waals surface area contributed by atoms with Crippen LogP contribution in [0.4, 0.5) is 0 Å². The number of nitrogens with zero attached hydrogens (tertiary/aromatic N) is 2. The third kappa shape index (κ3) is 2.51. The van der Waals surface area contributed by atoms with E-state index in [1.807, 2.05) is 29.2 Å². The van der Waals surface area contributed by atoms with Gasteiger partial charge in [-0.2, -0.15) is 5.10 Å². The Morgan fingerprint density at radius 2 is 1.77 bits per heavy atom. The van der Waals surface area contributed by atoms with Crippen molar-refractivity contribution in [2.24, 2.45) is 0 Å². The van der Waals surface area contributed by atoms with E-state index in [4.69, 9.17) is 0 Å². The molecule has 1 aliphatic rings. The maximum atomic E-state index is 4.35. The Morgan fingerprint density at radius 3 is 2.32 bits per heavy atom. The Labute approximate surface area is 133 Å². The molecule has 0 spiro atoms. The number of aromatic nitrogens is 2. The second kappa shape index (κ2) is 5.12. The van der Waals surface area contributed by atoms with Gasteiger partial charge in [0, 0.05) is 12.4 Å². The molecule has 0 N–H and O–H groups in total. The summed E-state index contributed by atoms with van der Waals surface area (Å²) in [5.41, 5.74) is 6.01. The smallest absolute Gasteiger partial charge is 0.0665 e. The van der Waals surface area contributed by atoms with Gasteiger partial charge in [-0.1, -0.05) is 52.5 Å². The van der Waals surface area contributed by atoms with Crippen LogP contribution in [-0.2, 0) is 17.4 Å². The summed E-state index contributed by atoms with van der Waals surface area (Å²) in [6, 6.07) is 6.73. The fourth-order valence-electron chi connectivity index (χ4n) is 3.57. The molecular weight excluding hydrogens is 268 g/mol. The van der Waals surface area contributed by atoms with E-state index in [9.17, 15) is 0 Å². The van der Waals surface area contributed by atoms with E-state index in [0.29, 0.717) is 0 Å². The van der Waals surface area contributed by atoms with Crippen LogP contribution in [0.1, 0.15) is 62.8 Å². The van der Waals surface area contributed by atoms with Crippen molar-refractivity contribution in [2.75, 3.05) is 0 Å². The van der Waals surface area contributed by atoms with Crippen molar-refractivity contribution >= 4 is 6.08 Å². The Hall–Kier alpha value is -1.83. The van der Waals surface area contributed by atoms with Crippen molar-refractivity contribution in [1.82, 2.24) is 9.78 Å². The topological polar surface area (TPSA) is 17.8 Å². The molecule has 3 rings (SSSR count). The first kappa shape index (κ1) is 15.1. The van der Waals surface area contributed by atoms with Crippen LogP contribution in [0.5, 0.6) is 0 Å². The molecule has 0 saturated heterocycles. The third-order valence-corrected chi connectivity index (χ3v) is 5.22. The molecule has 116 valence electrons. The average molecular weight is 294 g/mol. The van der Waals surface area contributed by atoms with Gasteiger partial charge >= 0.3 is 0 Å². The van der Waals surface area contributed by atoms with Crippen molar-refractivity contribution in [3.8, 4) is 0 Å². The van der Waals surface area contributed by atoms with Crippen molar-refractivity contribution < 1.29 is 0 Å². The molecule has 2 nitrogen and oxygen atoms in total. The van der Waals surface area contributed by atoms with E-state index in [1.165, 1.54) is 35.1 Å². The predicted molar refractivity (Wildman–Crippen MR) is 93.1 cm³/mol. The fourth-order valence-corrected chi connectivity index (χ4v) is 3.57. The highest BCUT2D eigenvalue weighted by molar-refractivity contribution is 5.58. The van der Waals surface area contributed by atoms with Gasteiger partial charge in [0.05, 0.1) is 6.54 Å². The lowest BCUT2D eigenvalue weighted by Crippen LogP contribution is -2.34. The molecule has 0 atom stereocenters. The standard InChI is InChI=1S/C20H26N2/c1-6-15-12-17-18(20(4,5)9-8-19(17,2)3)13-16(15)14-22-11-7-10-21-22/h6-7,10-13H,1,8-9,14H2,2-5H3. The highest BCUT2D eigenvalue weighted by atomic mass is 15.3. The highest BCUT2D eigenvalue weighted by Gasteiger charge is 2.37. The molecule has 2 heteroatoms.